The summed E-state index contributed by atoms with van der Waals surface area (Å²) in [7, 11) is 0. The molecule has 0 N–H and O–H groups in total. The molecular formula is C64H36O2Se. The maximum absolute atomic E-state index is 6.44. The van der Waals surface area contributed by atoms with E-state index >= 15 is 0 Å². The fourth-order valence-corrected chi connectivity index (χ4v) is 13.9. The third kappa shape index (κ3) is 5.39. The van der Waals surface area contributed by atoms with Crippen LogP contribution in [0.25, 0.3) is 151 Å². The van der Waals surface area contributed by atoms with Crippen LogP contribution >= 0.6 is 0 Å². The standard InChI is InChI=1S/C64H36O2Se/c1-3-18-46-44(16-1)60(45-17-2-4-19-47(45)61(46)38-28-31-42-40-14-9-11-26-55(40)65-57(42)35-38)37-30-33-59-54(34-37)52-24-13-25-53(64(52)67-59)63-50-22-7-5-20-48(50)62(49-21-6-8-23-51(49)63)39-29-32-43-41-15-10-12-27-56(41)66-58(43)36-39/h1-36H. The number of para-hydroxylation sites is 2. The van der Waals surface area contributed by atoms with E-state index in [1.54, 1.807) is 0 Å². The summed E-state index contributed by atoms with van der Waals surface area (Å²) in [6.07, 6.45) is 0. The molecule has 3 heterocycles. The molecule has 12 aromatic carbocycles. The third-order valence-electron chi connectivity index (χ3n) is 14.3. The van der Waals surface area contributed by atoms with Gasteiger partial charge in [-0.3, -0.25) is 0 Å². The van der Waals surface area contributed by atoms with Crippen molar-refractivity contribution in [2.75, 3.05) is 0 Å². The molecule has 0 bridgehead atoms. The van der Waals surface area contributed by atoms with Crippen LogP contribution in [0.1, 0.15) is 0 Å². The van der Waals surface area contributed by atoms with Crippen molar-refractivity contribution in [3.8, 4) is 44.5 Å². The molecular weight excluding hydrogens is 880 g/mol. The summed E-state index contributed by atoms with van der Waals surface area (Å²) in [4.78, 5) is 0. The Hall–Kier alpha value is -8.20. The Morgan fingerprint density at radius 1 is 0.239 bits per heavy atom. The van der Waals surface area contributed by atoms with E-state index in [9.17, 15) is 0 Å². The van der Waals surface area contributed by atoms with Crippen molar-refractivity contribution in [2.24, 2.45) is 0 Å². The SMILES string of the molecule is c1ccc2c(c1)oc1cc(-c3c4ccccc4c(-c4ccc5[se]c6c(-c7c8ccccc8c(-c8ccc9c(c8)oc8ccccc89)c8ccccc78)cccc6c5c4)c4ccccc34)ccc12. The normalized spacial score (nSPS) is 12.2. The number of fused-ring (bicyclic) bond motifs is 13. The van der Waals surface area contributed by atoms with Crippen molar-refractivity contribution < 1.29 is 8.83 Å². The first kappa shape index (κ1) is 37.1. The molecule has 0 amide bonds. The second kappa shape index (κ2) is 14.1. The van der Waals surface area contributed by atoms with Gasteiger partial charge in [0, 0.05) is 5.39 Å². The van der Waals surface area contributed by atoms with Gasteiger partial charge in [-0.1, -0.05) is 30.3 Å². The summed E-state index contributed by atoms with van der Waals surface area (Å²) in [6, 6.07) is 80.3. The molecule has 2 nitrogen and oxygen atoms in total. The van der Waals surface area contributed by atoms with Gasteiger partial charge in [0.25, 0.3) is 0 Å². The van der Waals surface area contributed by atoms with E-state index < -0.39 is 0 Å². The van der Waals surface area contributed by atoms with Crippen molar-refractivity contribution in [3.63, 3.8) is 0 Å². The molecule has 0 radical (unpaired) electrons. The average Bonchev–Trinajstić information content (AvgIpc) is 4.08. The molecule has 0 saturated carbocycles. The fraction of sp³-hybridized carbons (Fsp3) is 0. The van der Waals surface area contributed by atoms with Gasteiger partial charge in [0.1, 0.15) is 5.58 Å². The molecule has 0 spiro atoms. The first-order valence-electron chi connectivity index (χ1n) is 22.9. The van der Waals surface area contributed by atoms with Gasteiger partial charge in [-0.2, -0.15) is 0 Å². The van der Waals surface area contributed by atoms with Crippen molar-refractivity contribution in [2.45, 2.75) is 0 Å². The molecule has 3 heteroatoms. The monoisotopic (exact) mass is 916 g/mol. The fourth-order valence-electron chi connectivity index (χ4n) is 11.4. The Bertz CT molecular complexity index is 4470. The van der Waals surface area contributed by atoms with Gasteiger partial charge in [0.05, 0.1) is 0 Å². The van der Waals surface area contributed by atoms with Gasteiger partial charge in [-0.25, -0.2) is 0 Å². The number of rotatable bonds is 4. The minimum atomic E-state index is 0.107. The van der Waals surface area contributed by atoms with Crippen molar-refractivity contribution in [1.29, 1.82) is 0 Å². The molecule has 15 aromatic rings. The van der Waals surface area contributed by atoms with Crippen molar-refractivity contribution in [1.82, 2.24) is 0 Å². The predicted molar refractivity (Wildman–Crippen MR) is 285 cm³/mol. The van der Waals surface area contributed by atoms with Crippen LogP contribution < -0.4 is 0 Å². The van der Waals surface area contributed by atoms with E-state index in [4.69, 9.17) is 8.83 Å². The van der Waals surface area contributed by atoms with E-state index in [1.807, 2.05) is 12.1 Å². The number of benzene rings is 12. The summed E-state index contributed by atoms with van der Waals surface area (Å²) >= 11 is 0.107. The zero-order valence-electron chi connectivity index (χ0n) is 36.0. The zero-order valence-corrected chi connectivity index (χ0v) is 37.7. The van der Waals surface area contributed by atoms with Crippen LogP contribution in [0.4, 0.5) is 0 Å². The number of hydrogen-bond donors (Lipinski definition) is 0. The Labute approximate surface area is 390 Å². The molecule has 0 aliphatic carbocycles. The molecule has 0 saturated heterocycles. The summed E-state index contributed by atoms with van der Waals surface area (Å²) in [5.41, 5.74) is 13.6. The summed E-state index contributed by atoms with van der Waals surface area (Å²) in [6.45, 7) is 0. The van der Waals surface area contributed by atoms with Gasteiger partial charge < -0.3 is 0 Å². The molecule has 67 heavy (non-hydrogen) atoms. The Morgan fingerprint density at radius 3 is 1.06 bits per heavy atom. The molecule has 0 fully saturated rings. The van der Waals surface area contributed by atoms with Gasteiger partial charge in [0.2, 0.25) is 0 Å². The van der Waals surface area contributed by atoms with Gasteiger partial charge >= 0.3 is 345 Å². The van der Waals surface area contributed by atoms with Crippen LogP contribution in [0.3, 0.4) is 0 Å². The number of hydrogen-bond acceptors (Lipinski definition) is 2. The van der Waals surface area contributed by atoms with E-state index in [-0.39, 0.29) is 14.5 Å². The first-order valence-corrected chi connectivity index (χ1v) is 24.6. The van der Waals surface area contributed by atoms with Crippen LogP contribution in [0.15, 0.2) is 227 Å². The Kier molecular flexibility index (Phi) is 7.83. The number of furan rings is 2. The van der Waals surface area contributed by atoms with E-state index in [0.29, 0.717) is 0 Å². The van der Waals surface area contributed by atoms with Gasteiger partial charge in [-0.05, 0) is 6.07 Å². The molecule has 0 atom stereocenters. The van der Waals surface area contributed by atoms with E-state index in [1.165, 1.54) is 95.8 Å². The van der Waals surface area contributed by atoms with Crippen LogP contribution in [0.2, 0.25) is 0 Å². The summed E-state index contributed by atoms with van der Waals surface area (Å²) in [5.74, 6) is 0. The predicted octanol–water partition coefficient (Wildman–Crippen LogP) is 18.1. The topological polar surface area (TPSA) is 26.3 Å². The van der Waals surface area contributed by atoms with Crippen molar-refractivity contribution in [3.05, 3.63) is 218 Å². The molecule has 0 aliphatic rings. The molecule has 3 aromatic heterocycles. The third-order valence-corrected chi connectivity index (χ3v) is 16.8. The van der Waals surface area contributed by atoms with E-state index in [0.717, 1.165) is 55.0 Å². The molecule has 0 unspecified atom stereocenters. The maximum atomic E-state index is 6.44. The van der Waals surface area contributed by atoms with Crippen LogP contribution in [0, 0.1) is 0 Å². The van der Waals surface area contributed by atoms with Gasteiger partial charge in [0.15, 0.2) is 0 Å². The Morgan fingerprint density at radius 2 is 0.597 bits per heavy atom. The molecule has 310 valence electrons. The molecule has 15 rings (SSSR count). The first-order chi connectivity index (χ1) is 33.2. The minimum absolute atomic E-state index is 0.107. The second-order valence-corrected chi connectivity index (χ2v) is 20.0. The quantitative estimate of drug-likeness (QED) is 0.130. The average molecular weight is 916 g/mol. The molecule has 0 aliphatic heterocycles. The van der Waals surface area contributed by atoms with Crippen LogP contribution in [0.5, 0.6) is 0 Å². The van der Waals surface area contributed by atoms with E-state index in [2.05, 4.69) is 206 Å². The van der Waals surface area contributed by atoms with Gasteiger partial charge in [-0.15, -0.1) is 0 Å². The summed E-state index contributed by atoms with van der Waals surface area (Å²) in [5, 5.41) is 17.2. The van der Waals surface area contributed by atoms with Crippen LogP contribution in [-0.2, 0) is 0 Å². The second-order valence-electron chi connectivity index (χ2n) is 17.8. The zero-order chi connectivity index (χ0) is 43.7. The summed E-state index contributed by atoms with van der Waals surface area (Å²) < 4.78 is 15.7. The van der Waals surface area contributed by atoms with Crippen molar-refractivity contribution >= 4 is 121 Å². The Balaban J connectivity index is 0.928. The van der Waals surface area contributed by atoms with Crippen LogP contribution in [-0.4, -0.2) is 14.5 Å².